The summed E-state index contributed by atoms with van der Waals surface area (Å²) in [7, 11) is 0. The molecule has 3 heterocycles. The number of carboxylic acid groups (broad SMARTS) is 1. The Labute approximate surface area is 170 Å². The number of urea groups is 1. The van der Waals surface area contributed by atoms with E-state index in [0.717, 1.165) is 17.7 Å². The molecule has 0 spiro atoms. The zero-order chi connectivity index (χ0) is 20.9. The Morgan fingerprint density at radius 3 is 2.79 bits per heavy atom. The Bertz CT molecular complexity index is 915. The lowest BCUT2D eigenvalue weighted by Gasteiger charge is -2.32. The molecule has 3 aliphatic rings. The molecule has 2 aliphatic heterocycles. The summed E-state index contributed by atoms with van der Waals surface area (Å²) in [5.74, 6) is 1.62. The maximum Gasteiger partial charge on any atom is 0.331 e. The molecule has 1 aromatic heterocycles. The molecular weight excluding hydrogens is 370 g/mol. The van der Waals surface area contributed by atoms with Gasteiger partial charge in [0.25, 0.3) is 0 Å². The number of hydrogen-bond donors (Lipinski definition) is 2. The molecule has 8 nitrogen and oxygen atoms in total. The zero-order valence-electron chi connectivity index (χ0n) is 17.5. The summed E-state index contributed by atoms with van der Waals surface area (Å²) < 4.78 is 0. The second-order valence-electron chi connectivity index (χ2n) is 8.89. The van der Waals surface area contributed by atoms with Gasteiger partial charge in [-0.25, -0.2) is 9.78 Å². The fourth-order valence-electron chi connectivity index (χ4n) is 4.17. The van der Waals surface area contributed by atoms with Gasteiger partial charge in [0.15, 0.2) is 11.7 Å². The quantitative estimate of drug-likeness (QED) is 0.791. The number of amides is 2. The molecule has 2 atom stereocenters. The van der Waals surface area contributed by atoms with Crippen molar-refractivity contribution < 1.29 is 14.7 Å². The van der Waals surface area contributed by atoms with Gasteiger partial charge in [-0.15, -0.1) is 0 Å². The third-order valence-corrected chi connectivity index (χ3v) is 6.32. The molecule has 0 aromatic carbocycles. The molecule has 1 aromatic rings. The van der Waals surface area contributed by atoms with Crippen LogP contribution in [0.1, 0.15) is 64.9 Å². The van der Waals surface area contributed by atoms with E-state index in [2.05, 4.69) is 18.8 Å². The molecular formula is C21H29N5O3. The van der Waals surface area contributed by atoms with E-state index >= 15 is 0 Å². The first-order valence-corrected chi connectivity index (χ1v) is 10.4. The van der Waals surface area contributed by atoms with E-state index in [1.54, 1.807) is 16.7 Å². The Kier molecular flexibility index (Phi) is 4.75. The summed E-state index contributed by atoms with van der Waals surface area (Å²) in [4.78, 5) is 41.1. The lowest BCUT2D eigenvalue weighted by molar-refractivity contribution is -0.148. The summed E-state index contributed by atoms with van der Waals surface area (Å²) >= 11 is 0. The Morgan fingerprint density at radius 2 is 2.21 bits per heavy atom. The van der Waals surface area contributed by atoms with Crippen molar-refractivity contribution in [2.45, 2.75) is 59.4 Å². The van der Waals surface area contributed by atoms with Crippen LogP contribution in [0.25, 0.3) is 5.57 Å². The number of hydrogen-bond acceptors (Lipinski definition) is 4. The van der Waals surface area contributed by atoms with Gasteiger partial charge in [0.05, 0.1) is 18.0 Å². The number of aliphatic carboxylic acids is 1. The zero-order valence-corrected chi connectivity index (χ0v) is 17.5. The van der Waals surface area contributed by atoms with Crippen LogP contribution in [-0.2, 0) is 4.79 Å². The van der Waals surface area contributed by atoms with Gasteiger partial charge in [-0.1, -0.05) is 26.8 Å². The largest absolute Gasteiger partial charge is 0.481 e. The standard InChI is InChI=1S/C21H29N5O3/c1-5-10-25-18-15(17-22-14(12(2)3)11-26(17)20(25)29)23-16(24-18)13-6-8-21(4,9-7-13)19(27)28/h6,12,14H,5,7-11H2,1-4H3,(H,23,24)(H,27,28)/t14-,21?/m0/s1. The van der Waals surface area contributed by atoms with Crippen molar-refractivity contribution in [1.82, 2.24) is 14.9 Å². The normalized spacial score (nSPS) is 26.4. The number of anilines is 1. The topological polar surface area (TPSA) is 102 Å². The highest BCUT2D eigenvalue weighted by molar-refractivity contribution is 6.18. The van der Waals surface area contributed by atoms with Gasteiger partial charge in [0.1, 0.15) is 11.5 Å². The van der Waals surface area contributed by atoms with Crippen LogP contribution in [-0.4, -0.2) is 56.9 Å². The van der Waals surface area contributed by atoms with Crippen molar-refractivity contribution in [3.05, 3.63) is 17.6 Å². The number of aliphatic imine (C=N–C) groups is 1. The van der Waals surface area contributed by atoms with Gasteiger partial charge in [-0.3, -0.25) is 19.6 Å². The molecule has 29 heavy (non-hydrogen) atoms. The third kappa shape index (κ3) is 3.14. The molecule has 2 N–H and O–H groups in total. The monoisotopic (exact) mass is 399 g/mol. The number of imidazole rings is 1. The number of rotatable bonds is 5. The average molecular weight is 399 g/mol. The van der Waals surface area contributed by atoms with Crippen LogP contribution in [0.5, 0.6) is 0 Å². The average Bonchev–Trinajstić information content (AvgIpc) is 3.30. The van der Waals surface area contributed by atoms with Crippen LogP contribution in [0, 0.1) is 11.3 Å². The second-order valence-corrected chi connectivity index (χ2v) is 8.89. The van der Waals surface area contributed by atoms with Crippen molar-refractivity contribution in [3.63, 3.8) is 0 Å². The highest BCUT2D eigenvalue weighted by Crippen LogP contribution is 2.40. The first-order valence-electron chi connectivity index (χ1n) is 10.4. The maximum atomic E-state index is 13.1. The number of H-pyrrole nitrogens is 1. The summed E-state index contributed by atoms with van der Waals surface area (Å²) in [6.45, 7) is 9.26. The number of amidine groups is 1. The van der Waals surface area contributed by atoms with Crippen molar-refractivity contribution in [2.24, 2.45) is 16.3 Å². The third-order valence-electron chi connectivity index (χ3n) is 6.32. The predicted molar refractivity (Wildman–Crippen MR) is 111 cm³/mol. The highest BCUT2D eigenvalue weighted by Gasteiger charge is 2.43. The van der Waals surface area contributed by atoms with Crippen LogP contribution in [0.15, 0.2) is 11.1 Å². The molecule has 1 unspecified atom stereocenters. The summed E-state index contributed by atoms with van der Waals surface area (Å²) in [6, 6.07) is 0.0238. The summed E-state index contributed by atoms with van der Waals surface area (Å²) in [6.07, 6.45) is 4.49. The molecule has 156 valence electrons. The smallest absolute Gasteiger partial charge is 0.331 e. The molecule has 0 bridgehead atoms. The minimum Gasteiger partial charge on any atom is -0.481 e. The number of fused-ring (bicyclic) bond motifs is 3. The highest BCUT2D eigenvalue weighted by atomic mass is 16.4. The minimum atomic E-state index is -0.762. The van der Waals surface area contributed by atoms with Crippen molar-refractivity contribution in [1.29, 1.82) is 0 Å². The van der Waals surface area contributed by atoms with Crippen molar-refractivity contribution in [2.75, 3.05) is 18.0 Å². The molecule has 0 saturated carbocycles. The fraction of sp³-hybridized carbons (Fsp3) is 0.619. The SMILES string of the molecule is CCCN1C(=O)N2C[C@@H](C(C)C)N=C2c2[nH]c(C3=CCC(C)(C(=O)O)CC3)nc21. The van der Waals surface area contributed by atoms with Crippen molar-refractivity contribution >= 4 is 29.2 Å². The number of aromatic nitrogens is 2. The van der Waals surface area contributed by atoms with Crippen LogP contribution in [0.3, 0.4) is 0 Å². The molecule has 0 saturated heterocycles. The number of carbonyl (C=O) groups is 2. The van der Waals surface area contributed by atoms with Gasteiger partial charge in [0, 0.05) is 6.54 Å². The lowest BCUT2D eigenvalue weighted by Crippen LogP contribution is -2.50. The summed E-state index contributed by atoms with van der Waals surface area (Å²) in [5, 5.41) is 9.46. The fourth-order valence-corrected chi connectivity index (χ4v) is 4.17. The van der Waals surface area contributed by atoms with E-state index in [1.165, 1.54) is 0 Å². The number of nitrogens with zero attached hydrogens (tertiary/aromatic N) is 4. The maximum absolute atomic E-state index is 13.1. The number of carbonyl (C=O) groups excluding carboxylic acids is 1. The predicted octanol–water partition coefficient (Wildman–Crippen LogP) is 3.50. The van der Waals surface area contributed by atoms with Gasteiger partial charge in [0.2, 0.25) is 0 Å². The summed E-state index contributed by atoms with van der Waals surface area (Å²) in [5.41, 5.74) is 1.08. The Hall–Kier alpha value is -2.64. The minimum absolute atomic E-state index is 0.0598. The molecule has 2 amide bonds. The molecule has 4 rings (SSSR count). The first kappa shape index (κ1) is 19.7. The molecule has 0 radical (unpaired) electrons. The van der Waals surface area contributed by atoms with Gasteiger partial charge < -0.3 is 10.1 Å². The molecule has 8 heteroatoms. The Morgan fingerprint density at radius 1 is 1.45 bits per heavy atom. The van der Waals surface area contributed by atoms with Gasteiger partial charge in [-0.05, 0) is 44.1 Å². The molecule has 0 fully saturated rings. The van der Waals surface area contributed by atoms with E-state index < -0.39 is 11.4 Å². The van der Waals surface area contributed by atoms with E-state index in [9.17, 15) is 14.7 Å². The van der Waals surface area contributed by atoms with Gasteiger partial charge in [-0.2, -0.15) is 0 Å². The van der Waals surface area contributed by atoms with Crippen LogP contribution < -0.4 is 4.90 Å². The van der Waals surface area contributed by atoms with E-state index in [0.29, 0.717) is 55.7 Å². The second kappa shape index (κ2) is 7.00. The molecule has 1 aliphatic carbocycles. The van der Waals surface area contributed by atoms with Crippen LogP contribution in [0.4, 0.5) is 10.6 Å². The number of carboxylic acids is 1. The number of allylic oxidation sites excluding steroid dienone is 2. The van der Waals surface area contributed by atoms with Crippen LogP contribution >= 0.6 is 0 Å². The Balaban J connectivity index is 1.72. The van der Waals surface area contributed by atoms with E-state index in [4.69, 9.17) is 9.98 Å². The van der Waals surface area contributed by atoms with Crippen LogP contribution in [0.2, 0.25) is 0 Å². The number of aromatic amines is 1. The van der Waals surface area contributed by atoms with E-state index in [1.807, 2.05) is 13.0 Å². The number of nitrogens with one attached hydrogen (secondary N) is 1. The van der Waals surface area contributed by atoms with Gasteiger partial charge >= 0.3 is 12.0 Å². The van der Waals surface area contributed by atoms with E-state index in [-0.39, 0.29) is 12.1 Å². The lowest BCUT2D eigenvalue weighted by atomic mass is 9.76. The first-order chi connectivity index (χ1) is 13.7. The van der Waals surface area contributed by atoms with Crippen molar-refractivity contribution in [3.8, 4) is 0 Å².